The Morgan fingerprint density at radius 2 is 2.19 bits per heavy atom. The summed E-state index contributed by atoms with van der Waals surface area (Å²) in [6.07, 6.45) is 3.73. The van der Waals surface area contributed by atoms with Crippen molar-refractivity contribution in [1.82, 2.24) is 5.32 Å². The van der Waals surface area contributed by atoms with E-state index in [4.69, 9.17) is 5.73 Å². The molecule has 5 heteroatoms. The number of hydrogen-bond acceptors (Lipinski definition) is 2. The lowest BCUT2D eigenvalue weighted by Crippen LogP contribution is -2.19. The molecule has 0 saturated heterocycles. The van der Waals surface area contributed by atoms with Gasteiger partial charge < -0.3 is 11.1 Å². The number of carbonyl (C=O) groups is 1. The molecule has 0 spiro atoms. The van der Waals surface area contributed by atoms with Gasteiger partial charge in [0.15, 0.2) is 0 Å². The SMILES string of the molecule is CC(=O)NCC=Cc1cc(Br)cc(Br)c1N. The van der Waals surface area contributed by atoms with Gasteiger partial charge in [0, 0.05) is 22.4 Å². The molecule has 1 aromatic rings. The first-order chi connectivity index (χ1) is 7.50. The maximum atomic E-state index is 10.6. The maximum Gasteiger partial charge on any atom is 0.217 e. The minimum atomic E-state index is -0.0481. The van der Waals surface area contributed by atoms with E-state index in [1.807, 2.05) is 24.3 Å². The first-order valence-corrected chi connectivity index (χ1v) is 6.25. The van der Waals surface area contributed by atoms with Gasteiger partial charge >= 0.3 is 0 Å². The molecule has 0 aliphatic rings. The normalized spacial score (nSPS) is 10.7. The Hall–Kier alpha value is -0.810. The molecule has 3 nitrogen and oxygen atoms in total. The summed E-state index contributed by atoms with van der Waals surface area (Å²) in [6, 6.07) is 3.81. The summed E-state index contributed by atoms with van der Waals surface area (Å²) in [4.78, 5) is 10.6. The van der Waals surface area contributed by atoms with Gasteiger partial charge in [0.2, 0.25) is 5.91 Å². The molecule has 86 valence electrons. The Labute approximate surface area is 111 Å². The van der Waals surface area contributed by atoms with E-state index >= 15 is 0 Å². The van der Waals surface area contributed by atoms with E-state index in [2.05, 4.69) is 37.2 Å². The number of nitrogens with one attached hydrogen (secondary N) is 1. The molecule has 0 heterocycles. The van der Waals surface area contributed by atoms with E-state index in [9.17, 15) is 4.79 Å². The number of anilines is 1. The van der Waals surface area contributed by atoms with Gasteiger partial charge in [-0.1, -0.05) is 28.1 Å². The van der Waals surface area contributed by atoms with Gasteiger partial charge in [0.05, 0.1) is 5.69 Å². The topological polar surface area (TPSA) is 55.1 Å². The van der Waals surface area contributed by atoms with E-state index in [1.54, 1.807) is 0 Å². The summed E-state index contributed by atoms with van der Waals surface area (Å²) < 4.78 is 1.80. The Bertz CT molecular complexity index is 430. The average Bonchev–Trinajstić information content (AvgIpc) is 2.19. The van der Waals surface area contributed by atoms with Crippen LogP contribution in [0.3, 0.4) is 0 Å². The number of amides is 1. The van der Waals surface area contributed by atoms with Crippen molar-refractivity contribution in [1.29, 1.82) is 0 Å². The second-order valence-corrected chi connectivity index (χ2v) is 5.00. The van der Waals surface area contributed by atoms with E-state index in [0.717, 1.165) is 14.5 Å². The molecular weight excluding hydrogens is 336 g/mol. The average molecular weight is 348 g/mol. The molecule has 0 radical (unpaired) electrons. The summed E-state index contributed by atoms with van der Waals surface area (Å²) >= 11 is 6.76. The lowest BCUT2D eigenvalue weighted by molar-refractivity contribution is -0.118. The van der Waals surface area contributed by atoms with Crippen LogP contribution in [0.4, 0.5) is 5.69 Å². The number of nitrogen functional groups attached to an aromatic ring is 1. The molecule has 0 atom stereocenters. The van der Waals surface area contributed by atoms with Gasteiger partial charge in [0.25, 0.3) is 0 Å². The Balaban J connectivity index is 2.77. The van der Waals surface area contributed by atoms with Crippen molar-refractivity contribution in [2.75, 3.05) is 12.3 Å². The van der Waals surface area contributed by atoms with Gasteiger partial charge in [-0.3, -0.25) is 4.79 Å². The number of nitrogens with two attached hydrogens (primary N) is 1. The van der Waals surface area contributed by atoms with E-state index < -0.39 is 0 Å². The summed E-state index contributed by atoms with van der Waals surface area (Å²) in [5, 5.41) is 2.67. The molecule has 16 heavy (non-hydrogen) atoms. The number of hydrogen-bond donors (Lipinski definition) is 2. The zero-order valence-corrected chi connectivity index (χ0v) is 11.9. The molecule has 0 aliphatic carbocycles. The highest BCUT2D eigenvalue weighted by atomic mass is 79.9. The van der Waals surface area contributed by atoms with Crippen LogP contribution in [-0.2, 0) is 4.79 Å². The highest BCUT2D eigenvalue weighted by Gasteiger charge is 2.02. The maximum absolute atomic E-state index is 10.6. The second-order valence-electron chi connectivity index (χ2n) is 3.23. The van der Waals surface area contributed by atoms with Crippen molar-refractivity contribution >= 4 is 49.5 Å². The first-order valence-electron chi connectivity index (χ1n) is 4.66. The summed E-state index contributed by atoms with van der Waals surface area (Å²) in [7, 11) is 0. The lowest BCUT2D eigenvalue weighted by atomic mass is 10.1. The van der Waals surface area contributed by atoms with Crippen LogP contribution in [0.2, 0.25) is 0 Å². The van der Waals surface area contributed by atoms with Gasteiger partial charge in [-0.15, -0.1) is 0 Å². The van der Waals surface area contributed by atoms with Crippen LogP contribution in [0.1, 0.15) is 12.5 Å². The number of rotatable bonds is 3. The van der Waals surface area contributed by atoms with Crippen molar-refractivity contribution in [2.24, 2.45) is 0 Å². The number of halogens is 2. The fraction of sp³-hybridized carbons (Fsp3) is 0.182. The molecule has 3 N–H and O–H groups in total. The van der Waals surface area contributed by atoms with Gasteiger partial charge in [0.1, 0.15) is 0 Å². The molecule has 1 rings (SSSR count). The second kappa shape index (κ2) is 6.06. The van der Waals surface area contributed by atoms with Crippen molar-refractivity contribution in [2.45, 2.75) is 6.92 Å². The molecule has 0 aromatic heterocycles. The zero-order valence-electron chi connectivity index (χ0n) is 8.76. The predicted molar refractivity (Wildman–Crippen MR) is 74.0 cm³/mol. The summed E-state index contributed by atoms with van der Waals surface area (Å²) in [6.45, 7) is 1.98. The smallest absolute Gasteiger partial charge is 0.217 e. The summed E-state index contributed by atoms with van der Waals surface area (Å²) in [5.74, 6) is -0.0481. The molecule has 1 aromatic carbocycles. The standard InChI is InChI=1S/C11H12Br2N2O/c1-7(16)15-4-2-3-8-5-9(12)6-10(13)11(8)14/h2-3,5-6H,4,14H2,1H3,(H,15,16). The number of carbonyl (C=O) groups excluding carboxylic acids is 1. The highest BCUT2D eigenvalue weighted by Crippen LogP contribution is 2.28. The fourth-order valence-electron chi connectivity index (χ4n) is 1.13. The van der Waals surface area contributed by atoms with Crippen LogP contribution in [0, 0.1) is 0 Å². The van der Waals surface area contributed by atoms with E-state index in [1.165, 1.54) is 6.92 Å². The first kappa shape index (κ1) is 13.3. The number of benzene rings is 1. The fourth-order valence-corrected chi connectivity index (χ4v) is 2.39. The van der Waals surface area contributed by atoms with Crippen LogP contribution in [0.25, 0.3) is 6.08 Å². The largest absolute Gasteiger partial charge is 0.397 e. The van der Waals surface area contributed by atoms with Crippen molar-refractivity contribution < 1.29 is 4.79 Å². The third kappa shape index (κ3) is 3.98. The van der Waals surface area contributed by atoms with Gasteiger partial charge in [-0.05, 0) is 33.6 Å². The van der Waals surface area contributed by atoms with Crippen molar-refractivity contribution in [3.8, 4) is 0 Å². The Morgan fingerprint density at radius 1 is 1.50 bits per heavy atom. The summed E-state index contributed by atoms with van der Waals surface area (Å²) in [5.41, 5.74) is 7.48. The van der Waals surface area contributed by atoms with Crippen LogP contribution < -0.4 is 11.1 Å². The monoisotopic (exact) mass is 346 g/mol. The van der Waals surface area contributed by atoms with Gasteiger partial charge in [-0.2, -0.15) is 0 Å². The van der Waals surface area contributed by atoms with Crippen LogP contribution in [-0.4, -0.2) is 12.5 Å². The van der Waals surface area contributed by atoms with Crippen LogP contribution >= 0.6 is 31.9 Å². The molecule has 0 fully saturated rings. The third-order valence-electron chi connectivity index (χ3n) is 1.89. The van der Waals surface area contributed by atoms with E-state index in [0.29, 0.717) is 12.2 Å². The Kier molecular flexibility index (Phi) is 5.02. The Morgan fingerprint density at radius 3 is 2.81 bits per heavy atom. The lowest BCUT2D eigenvalue weighted by Gasteiger charge is -2.04. The zero-order chi connectivity index (χ0) is 12.1. The van der Waals surface area contributed by atoms with Crippen molar-refractivity contribution in [3.63, 3.8) is 0 Å². The van der Waals surface area contributed by atoms with Crippen LogP contribution in [0.15, 0.2) is 27.2 Å². The molecule has 1 amide bonds. The minimum Gasteiger partial charge on any atom is -0.397 e. The molecule has 0 aliphatic heterocycles. The molecular formula is C11H12Br2N2O. The van der Waals surface area contributed by atoms with E-state index in [-0.39, 0.29) is 5.91 Å². The molecule has 0 saturated carbocycles. The quantitative estimate of drug-likeness (QED) is 0.826. The minimum absolute atomic E-state index is 0.0481. The van der Waals surface area contributed by atoms with Crippen molar-refractivity contribution in [3.05, 3.63) is 32.7 Å². The highest BCUT2D eigenvalue weighted by molar-refractivity contribution is 9.11. The predicted octanol–water partition coefficient (Wildman–Crippen LogP) is 2.94. The van der Waals surface area contributed by atoms with Crippen LogP contribution in [0.5, 0.6) is 0 Å². The van der Waals surface area contributed by atoms with Gasteiger partial charge in [-0.25, -0.2) is 0 Å². The third-order valence-corrected chi connectivity index (χ3v) is 3.01. The molecule has 0 bridgehead atoms. The molecule has 0 unspecified atom stereocenters.